The first-order valence-electron chi connectivity index (χ1n) is 15.9. The Morgan fingerprint density at radius 1 is 1.15 bits per heavy atom. The number of aliphatic hydroxyl groups excluding tert-OH is 1. The van der Waals surface area contributed by atoms with E-state index in [1.807, 2.05) is 6.92 Å². The van der Waals surface area contributed by atoms with E-state index in [1.54, 1.807) is 30.3 Å². The van der Waals surface area contributed by atoms with Crippen molar-refractivity contribution in [2.24, 2.45) is 34.0 Å². The van der Waals surface area contributed by atoms with Gasteiger partial charge in [-0.3, -0.25) is 14.4 Å². The number of ketones is 1. The number of amides is 1. The molecule has 8 atom stereocenters. The second-order valence-corrected chi connectivity index (χ2v) is 15.0. The summed E-state index contributed by atoms with van der Waals surface area (Å²) in [5, 5.41) is 32.7. The minimum Gasteiger partial charge on any atom is -0.461 e. The summed E-state index contributed by atoms with van der Waals surface area (Å²) in [6, 6.07) is 10.2. The monoisotopic (exact) mass is 651 g/mol. The van der Waals surface area contributed by atoms with E-state index in [1.165, 1.54) is 17.8 Å². The zero-order valence-electron chi connectivity index (χ0n) is 26.8. The van der Waals surface area contributed by atoms with Crippen LogP contribution in [0.3, 0.4) is 0 Å². The van der Waals surface area contributed by atoms with Crippen LogP contribution >= 0.6 is 11.8 Å². The number of carbonyl (C=O) groups excluding carboxylic acids is 3. The van der Waals surface area contributed by atoms with Gasteiger partial charge in [-0.25, -0.2) is 4.39 Å². The Bertz CT molecular complexity index is 1520. The van der Waals surface area contributed by atoms with E-state index in [9.17, 15) is 33.9 Å². The van der Waals surface area contributed by atoms with Crippen LogP contribution in [0.25, 0.3) is 0 Å². The van der Waals surface area contributed by atoms with Gasteiger partial charge in [0.05, 0.1) is 11.9 Å². The molecule has 0 heterocycles. The Labute approximate surface area is 274 Å². The number of nitrogens with one attached hydrogen (secondary N) is 1. The normalized spacial score (nSPS) is 33.7. The van der Waals surface area contributed by atoms with E-state index in [0.29, 0.717) is 18.5 Å². The second-order valence-electron chi connectivity index (χ2n) is 13.9. The summed E-state index contributed by atoms with van der Waals surface area (Å²) in [6.07, 6.45) is 3.86. The van der Waals surface area contributed by atoms with Crippen molar-refractivity contribution in [1.29, 1.82) is 0 Å². The molecule has 5 rings (SSSR count). The van der Waals surface area contributed by atoms with E-state index in [2.05, 4.69) is 32.7 Å². The van der Waals surface area contributed by atoms with Gasteiger partial charge in [0.2, 0.25) is 0 Å². The maximum Gasteiger partial charge on any atom is 0.491 e. The van der Waals surface area contributed by atoms with Crippen molar-refractivity contribution in [3.63, 3.8) is 0 Å². The molecule has 3 fully saturated rings. The molecule has 11 heteroatoms. The molecule has 3 aliphatic carbocycles. The van der Waals surface area contributed by atoms with E-state index in [4.69, 9.17) is 4.74 Å². The fraction of sp³-hybridized carbons (Fsp3) is 0.514. The smallest absolute Gasteiger partial charge is 0.461 e. The van der Waals surface area contributed by atoms with Crippen LogP contribution in [-0.2, 0) is 14.3 Å². The first kappa shape index (κ1) is 34.4. The minimum absolute atomic E-state index is 0.0179. The summed E-state index contributed by atoms with van der Waals surface area (Å²) in [5.74, 6) is -1.87. The highest BCUT2D eigenvalue weighted by Crippen LogP contribution is 2.68. The highest BCUT2D eigenvalue weighted by Gasteiger charge is 2.68. The third-order valence-corrected chi connectivity index (χ3v) is 12.6. The van der Waals surface area contributed by atoms with Crippen LogP contribution in [-0.4, -0.2) is 57.9 Å². The average Bonchev–Trinajstić information content (AvgIpc) is 3.38. The maximum absolute atomic E-state index is 14.1. The molecule has 3 aliphatic rings. The molecule has 2 aromatic rings. The summed E-state index contributed by atoms with van der Waals surface area (Å²) in [5.41, 5.74) is -1.46. The number of aliphatic hydroxyl groups is 1. The molecule has 0 saturated heterocycles. The van der Waals surface area contributed by atoms with Gasteiger partial charge in [0.15, 0.2) is 0 Å². The van der Waals surface area contributed by atoms with Crippen LogP contribution in [0.2, 0.25) is 0 Å². The fourth-order valence-corrected chi connectivity index (χ4v) is 9.23. The lowest BCUT2D eigenvalue weighted by Gasteiger charge is -2.61. The van der Waals surface area contributed by atoms with Gasteiger partial charge >= 0.3 is 13.1 Å². The van der Waals surface area contributed by atoms with Crippen LogP contribution in [0, 0.1) is 39.8 Å². The molecule has 4 N–H and O–H groups in total. The number of anilines is 1. The Hall–Kier alpha value is -2.99. The molecule has 2 aromatic carbocycles. The maximum atomic E-state index is 14.1. The molecule has 8 nitrogen and oxygen atoms in total. The number of hydrogen-bond donors (Lipinski definition) is 4. The van der Waals surface area contributed by atoms with Crippen LogP contribution < -0.4 is 10.8 Å². The summed E-state index contributed by atoms with van der Waals surface area (Å²) >= 11 is 1.28. The Morgan fingerprint density at radius 2 is 1.85 bits per heavy atom. The van der Waals surface area contributed by atoms with Crippen LogP contribution in [0.4, 0.5) is 10.1 Å². The molecule has 2 bridgehead atoms. The standard InChI is InChI=1S/C35H43BFNO7S/c1-6-33(4)18-28(34(5)20(2)13-15-35(21(3)31(33)41)16-14-27(39)30(34)35)45-29(40)19-46-24-10-8-23(9-11-24)38-32(42)22-7-12-25(36(43)44)26(37)17-22/h6-12,17,20-21,28,30-31,41,43-44H,1,13-16,18-19H2,2-5H3,(H,38,42)/t20-,21+,28-,30+,31+,33-,34+,35+/m1/s1. The molecule has 0 spiro atoms. The molecule has 0 aromatic heterocycles. The van der Waals surface area contributed by atoms with Gasteiger partial charge in [-0.2, -0.15) is 0 Å². The SMILES string of the molecule is C=C[C@]1(C)C[C@@H](OC(=O)CSc2ccc(NC(=O)c3ccc(B(O)O)c(F)c3)cc2)[C@]2(C)[C@H](C)CC[C@]3(CCC(=O)[C@H]32)[C@@H](C)[C@@H]1O. The molecule has 0 radical (unpaired) electrons. The summed E-state index contributed by atoms with van der Waals surface area (Å²) in [4.78, 5) is 40.4. The molecular formula is C35H43BFNO7S. The van der Waals surface area contributed by atoms with Crippen LogP contribution in [0.1, 0.15) is 70.2 Å². The predicted molar refractivity (Wildman–Crippen MR) is 176 cm³/mol. The van der Waals surface area contributed by atoms with Gasteiger partial charge < -0.3 is 25.2 Å². The molecular weight excluding hydrogens is 608 g/mol. The van der Waals surface area contributed by atoms with Gasteiger partial charge in [0, 0.05) is 44.8 Å². The van der Waals surface area contributed by atoms with Crippen molar-refractivity contribution in [2.75, 3.05) is 11.1 Å². The van der Waals surface area contributed by atoms with Crippen molar-refractivity contribution in [3.8, 4) is 0 Å². The van der Waals surface area contributed by atoms with Crippen molar-refractivity contribution in [3.05, 3.63) is 66.5 Å². The number of esters is 1. The number of thioether (sulfide) groups is 1. The van der Waals surface area contributed by atoms with E-state index in [0.717, 1.165) is 36.3 Å². The fourth-order valence-electron chi connectivity index (χ4n) is 8.55. The minimum atomic E-state index is -1.98. The molecule has 3 saturated carbocycles. The van der Waals surface area contributed by atoms with Crippen molar-refractivity contribution < 1.29 is 38.7 Å². The van der Waals surface area contributed by atoms with E-state index in [-0.39, 0.29) is 45.7 Å². The third-order valence-electron chi connectivity index (χ3n) is 11.6. The van der Waals surface area contributed by atoms with Crippen LogP contribution in [0.5, 0.6) is 0 Å². The van der Waals surface area contributed by atoms with Crippen molar-refractivity contribution in [1.82, 2.24) is 0 Å². The van der Waals surface area contributed by atoms with Crippen molar-refractivity contribution >= 4 is 47.7 Å². The highest BCUT2D eigenvalue weighted by molar-refractivity contribution is 8.00. The first-order valence-corrected chi connectivity index (χ1v) is 16.9. The lowest BCUT2D eigenvalue weighted by atomic mass is 9.44. The average molecular weight is 652 g/mol. The molecule has 46 heavy (non-hydrogen) atoms. The Kier molecular flexibility index (Phi) is 9.63. The lowest BCUT2D eigenvalue weighted by Crippen LogP contribution is -2.63. The number of ether oxygens (including phenoxy) is 1. The molecule has 246 valence electrons. The second kappa shape index (κ2) is 12.9. The topological polar surface area (TPSA) is 133 Å². The highest BCUT2D eigenvalue weighted by atomic mass is 32.2. The number of carbonyl (C=O) groups is 3. The zero-order chi connectivity index (χ0) is 33.6. The van der Waals surface area contributed by atoms with Gasteiger partial charge in [0.1, 0.15) is 17.7 Å². The zero-order valence-corrected chi connectivity index (χ0v) is 27.6. The number of hydrogen-bond acceptors (Lipinski definition) is 8. The Morgan fingerprint density at radius 3 is 2.48 bits per heavy atom. The molecule has 1 amide bonds. The number of benzene rings is 2. The Balaban J connectivity index is 1.28. The van der Waals surface area contributed by atoms with Gasteiger partial charge in [0.25, 0.3) is 5.91 Å². The largest absolute Gasteiger partial charge is 0.491 e. The van der Waals surface area contributed by atoms with Crippen LogP contribution in [0.15, 0.2) is 60.0 Å². The van der Waals surface area contributed by atoms with Gasteiger partial charge in [-0.15, -0.1) is 18.3 Å². The third kappa shape index (κ3) is 5.96. The summed E-state index contributed by atoms with van der Waals surface area (Å²) in [7, 11) is -1.98. The lowest BCUT2D eigenvalue weighted by molar-refractivity contribution is -0.205. The first-order chi connectivity index (χ1) is 21.7. The number of Topliss-reactive ketones (excluding diaryl/α,β-unsaturated/α-hetero) is 1. The summed E-state index contributed by atoms with van der Waals surface area (Å²) in [6.45, 7) is 12.4. The number of rotatable bonds is 8. The quantitative estimate of drug-likeness (QED) is 0.139. The van der Waals surface area contributed by atoms with Crippen molar-refractivity contribution in [2.45, 2.75) is 76.9 Å². The molecule has 0 unspecified atom stereocenters. The van der Waals surface area contributed by atoms with E-state index >= 15 is 0 Å². The molecule has 0 aliphatic heterocycles. The predicted octanol–water partition coefficient (Wildman–Crippen LogP) is 4.76. The number of halogens is 1. The summed E-state index contributed by atoms with van der Waals surface area (Å²) < 4.78 is 20.4. The van der Waals surface area contributed by atoms with Gasteiger partial charge in [-0.1, -0.05) is 39.8 Å². The van der Waals surface area contributed by atoms with Gasteiger partial charge in [-0.05, 0) is 79.3 Å². The van der Waals surface area contributed by atoms with E-state index < -0.39 is 47.9 Å².